The van der Waals surface area contributed by atoms with Gasteiger partial charge < -0.3 is 14.6 Å². The molecular weight excluding hydrogens is 304 g/mol. The fraction of sp³-hybridized carbons (Fsp3) is 0.368. The number of likely N-dealkylation sites (tertiary alicyclic amines) is 1. The van der Waals surface area contributed by atoms with Gasteiger partial charge in [-0.05, 0) is 44.0 Å². The Hall–Kier alpha value is -2.56. The zero-order valence-electron chi connectivity index (χ0n) is 13.8. The highest BCUT2D eigenvalue weighted by Gasteiger charge is 2.28. The minimum absolute atomic E-state index is 0.00207. The molecule has 1 aromatic carbocycles. The van der Waals surface area contributed by atoms with Crippen molar-refractivity contribution in [1.82, 2.24) is 10.2 Å². The van der Waals surface area contributed by atoms with Crippen LogP contribution >= 0.6 is 0 Å². The number of hydrogen-bond donors (Lipinski definition) is 1. The zero-order chi connectivity index (χ0) is 16.9. The molecule has 0 saturated carbocycles. The molecule has 24 heavy (non-hydrogen) atoms. The van der Waals surface area contributed by atoms with Gasteiger partial charge in [-0.3, -0.25) is 9.59 Å². The van der Waals surface area contributed by atoms with Crippen LogP contribution in [-0.2, 0) is 11.3 Å². The Balaban J connectivity index is 1.59. The van der Waals surface area contributed by atoms with Crippen LogP contribution < -0.4 is 5.32 Å². The molecule has 1 aromatic heterocycles. The summed E-state index contributed by atoms with van der Waals surface area (Å²) in [5.41, 5.74) is 1.75. The molecule has 1 N–H and O–H groups in total. The Kier molecular flexibility index (Phi) is 4.99. The molecule has 1 atom stereocenters. The number of aryl methyl sites for hydroxylation is 1. The van der Waals surface area contributed by atoms with Crippen LogP contribution in [0.5, 0.6) is 0 Å². The van der Waals surface area contributed by atoms with Gasteiger partial charge in [-0.15, -0.1) is 0 Å². The number of benzene rings is 1. The second-order valence-corrected chi connectivity index (χ2v) is 6.26. The van der Waals surface area contributed by atoms with Gasteiger partial charge in [0.15, 0.2) is 0 Å². The van der Waals surface area contributed by atoms with Crippen LogP contribution in [0, 0.1) is 12.8 Å². The van der Waals surface area contributed by atoms with Crippen LogP contribution in [0.25, 0.3) is 0 Å². The third kappa shape index (κ3) is 3.85. The van der Waals surface area contributed by atoms with E-state index in [2.05, 4.69) is 5.32 Å². The van der Waals surface area contributed by atoms with Gasteiger partial charge in [-0.2, -0.15) is 0 Å². The number of nitrogens with zero attached hydrogens (tertiary/aromatic N) is 1. The molecule has 2 aromatic rings. The number of carbonyl (C=O) groups excluding carboxylic acids is 2. The standard InChI is InChI=1S/C19H22N2O3/c1-14-5-2-6-15(11-14)19(23)21-9-3-7-16(13-21)18(22)20-12-17-8-4-10-24-17/h2,4-6,8,10-11,16H,3,7,9,12-13H2,1H3,(H,20,22)/t16-/m0/s1. The molecule has 5 heteroatoms. The molecule has 3 rings (SSSR count). The maximum absolute atomic E-state index is 12.6. The van der Waals surface area contributed by atoms with Crippen molar-refractivity contribution in [2.24, 2.45) is 5.92 Å². The van der Waals surface area contributed by atoms with Crippen molar-refractivity contribution in [3.63, 3.8) is 0 Å². The SMILES string of the molecule is Cc1cccc(C(=O)N2CCC[C@H](C(=O)NCc3ccco3)C2)c1. The summed E-state index contributed by atoms with van der Waals surface area (Å²) in [7, 11) is 0. The quantitative estimate of drug-likeness (QED) is 0.940. The van der Waals surface area contributed by atoms with Gasteiger partial charge in [0.05, 0.1) is 18.7 Å². The second-order valence-electron chi connectivity index (χ2n) is 6.26. The lowest BCUT2D eigenvalue weighted by Crippen LogP contribution is -2.45. The van der Waals surface area contributed by atoms with E-state index in [1.54, 1.807) is 17.2 Å². The maximum Gasteiger partial charge on any atom is 0.253 e. The van der Waals surface area contributed by atoms with E-state index in [9.17, 15) is 9.59 Å². The molecule has 0 bridgehead atoms. The summed E-state index contributed by atoms with van der Waals surface area (Å²) in [4.78, 5) is 26.8. The van der Waals surface area contributed by atoms with Crippen molar-refractivity contribution in [2.75, 3.05) is 13.1 Å². The molecule has 1 aliphatic heterocycles. The first kappa shape index (κ1) is 16.3. The Bertz CT molecular complexity index is 709. The van der Waals surface area contributed by atoms with Gasteiger partial charge in [-0.1, -0.05) is 17.7 Å². The molecule has 1 fully saturated rings. The summed E-state index contributed by atoms with van der Waals surface area (Å²) >= 11 is 0. The van der Waals surface area contributed by atoms with E-state index in [0.717, 1.165) is 24.2 Å². The topological polar surface area (TPSA) is 62.6 Å². The fourth-order valence-corrected chi connectivity index (χ4v) is 3.07. The van der Waals surface area contributed by atoms with Crippen LogP contribution in [0.3, 0.4) is 0 Å². The van der Waals surface area contributed by atoms with E-state index < -0.39 is 0 Å². The molecule has 5 nitrogen and oxygen atoms in total. The summed E-state index contributed by atoms with van der Waals surface area (Å²) in [5, 5.41) is 2.89. The minimum Gasteiger partial charge on any atom is -0.467 e. The van der Waals surface area contributed by atoms with Crippen molar-refractivity contribution in [2.45, 2.75) is 26.3 Å². The van der Waals surface area contributed by atoms with Gasteiger partial charge in [0.25, 0.3) is 5.91 Å². The van der Waals surface area contributed by atoms with Crippen molar-refractivity contribution >= 4 is 11.8 Å². The van der Waals surface area contributed by atoms with Gasteiger partial charge in [0.1, 0.15) is 5.76 Å². The number of amides is 2. The van der Waals surface area contributed by atoms with Crippen molar-refractivity contribution in [1.29, 1.82) is 0 Å². The summed E-state index contributed by atoms with van der Waals surface area (Å²) in [5.74, 6) is 0.546. The zero-order valence-corrected chi connectivity index (χ0v) is 13.8. The van der Waals surface area contributed by atoms with Crippen LogP contribution in [0.2, 0.25) is 0 Å². The van der Waals surface area contributed by atoms with E-state index in [1.807, 2.05) is 37.3 Å². The van der Waals surface area contributed by atoms with E-state index in [-0.39, 0.29) is 17.7 Å². The molecule has 126 valence electrons. The monoisotopic (exact) mass is 326 g/mol. The van der Waals surface area contributed by atoms with E-state index in [0.29, 0.717) is 25.2 Å². The third-order valence-electron chi connectivity index (χ3n) is 4.36. The first-order valence-electron chi connectivity index (χ1n) is 8.29. The average Bonchev–Trinajstić information content (AvgIpc) is 3.12. The first-order valence-corrected chi connectivity index (χ1v) is 8.29. The molecule has 0 aliphatic carbocycles. The molecule has 0 radical (unpaired) electrons. The normalized spacial score (nSPS) is 17.5. The van der Waals surface area contributed by atoms with Gasteiger partial charge in [0.2, 0.25) is 5.91 Å². The Morgan fingerprint density at radius 2 is 2.17 bits per heavy atom. The lowest BCUT2D eigenvalue weighted by atomic mass is 9.96. The Morgan fingerprint density at radius 1 is 1.29 bits per heavy atom. The second kappa shape index (κ2) is 7.34. The molecule has 0 unspecified atom stereocenters. The number of furan rings is 1. The predicted molar refractivity (Wildman–Crippen MR) is 90.4 cm³/mol. The molecule has 2 amide bonds. The van der Waals surface area contributed by atoms with Crippen molar-refractivity contribution in [3.05, 3.63) is 59.5 Å². The van der Waals surface area contributed by atoms with Crippen LogP contribution in [-0.4, -0.2) is 29.8 Å². The van der Waals surface area contributed by atoms with E-state index >= 15 is 0 Å². The fourth-order valence-electron chi connectivity index (χ4n) is 3.07. The predicted octanol–water partition coefficient (Wildman–Crippen LogP) is 2.76. The van der Waals surface area contributed by atoms with Crippen LogP contribution in [0.4, 0.5) is 0 Å². The Morgan fingerprint density at radius 3 is 2.92 bits per heavy atom. The molecule has 0 spiro atoms. The van der Waals surface area contributed by atoms with Gasteiger partial charge in [0, 0.05) is 18.7 Å². The van der Waals surface area contributed by atoms with Gasteiger partial charge in [-0.25, -0.2) is 0 Å². The summed E-state index contributed by atoms with van der Waals surface area (Å²) in [6.45, 7) is 3.53. The highest BCUT2D eigenvalue weighted by molar-refractivity contribution is 5.94. The molecular formula is C19H22N2O3. The average molecular weight is 326 g/mol. The first-order chi connectivity index (χ1) is 11.6. The van der Waals surface area contributed by atoms with Gasteiger partial charge >= 0.3 is 0 Å². The lowest BCUT2D eigenvalue weighted by molar-refractivity contribution is -0.126. The third-order valence-corrected chi connectivity index (χ3v) is 4.36. The smallest absolute Gasteiger partial charge is 0.253 e. The van der Waals surface area contributed by atoms with Crippen molar-refractivity contribution < 1.29 is 14.0 Å². The largest absolute Gasteiger partial charge is 0.467 e. The van der Waals surface area contributed by atoms with Crippen LogP contribution in [0.15, 0.2) is 47.1 Å². The van der Waals surface area contributed by atoms with E-state index in [4.69, 9.17) is 4.42 Å². The molecule has 1 saturated heterocycles. The Labute approximate surface area is 141 Å². The number of rotatable bonds is 4. The van der Waals surface area contributed by atoms with Crippen LogP contribution in [0.1, 0.15) is 34.5 Å². The summed E-state index contributed by atoms with van der Waals surface area (Å²) in [6, 6.07) is 11.2. The summed E-state index contributed by atoms with van der Waals surface area (Å²) < 4.78 is 5.22. The lowest BCUT2D eigenvalue weighted by Gasteiger charge is -2.32. The number of hydrogen-bond acceptors (Lipinski definition) is 3. The van der Waals surface area contributed by atoms with Crippen molar-refractivity contribution in [3.8, 4) is 0 Å². The number of piperidine rings is 1. The molecule has 1 aliphatic rings. The summed E-state index contributed by atoms with van der Waals surface area (Å²) in [6.07, 6.45) is 3.24. The number of nitrogens with one attached hydrogen (secondary N) is 1. The number of carbonyl (C=O) groups is 2. The highest BCUT2D eigenvalue weighted by atomic mass is 16.3. The minimum atomic E-state index is -0.164. The highest BCUT2D eigenvalue weighted by Crippen LogP contribution is 2.19. The molecule has 2 heterocycles. The van der Waals surface area contributed by atoms with E-state index in [1.165, 1.54) is 0 Å². The maximum atomic E-state index is 12.6.